The molecule has 0 unspecified atom stereocenters. The van der Waals surface area contributed by atoms with Crippen LogP contribution >= 0.6 is 0 Å². The predicted octanol–water partition coefficient (Wildman–Crippen LogP) is 5.89. The van der Waals surface area contributed by atoms with Gasteiger partial charge in [0.1, 0.15) is 12.2 Å². The number of fused-ring (bicyclic) bond motifs is 3. The predicted molar refractivity (Wildman–Crippen MR) is 141 cm³/mol. The number of hydrogen-bond acceptors (Lipinski definition) is 4. The molecule has 5 rings (SSSR count). The first kappa shape index (κ1) is 23.1. The average molecular weight is 480 g/mol. The van der Waals surface area contributed by atoms with Gasteiger partial charge in [0.05, 0.1) is 23.0 Å². The van der Waals surface area contributed by atoms with Gasteiger partial charge in [-0.2, -0.15) is 0 Å². The van der Waals surface area contributed by atoms with Gasteiger partial charge >= 0.3 is 0 Å². The molecule has 7 nitrogen and oxygen atoms in total. The summed E-state index contributed by atoms with van der Waals surface area (Å²) in [5.41, 5.74) is 2.79. The van der Waals surface area contributed by atoms with Gasteiger partial charge in [0.25, 0.3) is 5.91 Å². The van der Waals surface area contributed by atoms with E-state index in [1.807, 2.05) is 56.3 Å². The second kappa shape index (κ2) is 9.54. The third-order valence-corrected chi connectivity index (χ3v) is 5.85. The Kier molecular flexibility index (Phi) is 6.12. The zero-order chi connectivity index (χ0) is 25.2. The van der Waals surface area contributed by atoms with Crippen molar-refractivity contribution in [3.8, 4) is 5.75 Å². The van der Waals surface area contributed by atoms with Gasteiger partial charge in [0.2, 0.25) is 11.8 Å². The molecule has 0 bridgehead atoms. The lowest BCUT2D eigenvalue weighted by Crippen LogP contribution is -2.26. The van der Waals surface area contributed by atoms with Crippen molar-refractivity contribution in [2.24, 2.45) is 0 Å². The summed E-state index contributed by atoms with van der Waals surface area (Å²) in [6, 6.07) is 25.5. The first-order valence-electron chi connectivity index (χ1n) is 11.7. The summed E-state index contributed by atoms with van der Waals surface area (Å²) >= 11 is 0. The number of carbonyl (C=O) groups excluding carboxylic acids is 3. The highest BCUT2D eigenvalue weighted by atomic mass is 16.5. The Morgan fingerprint density at radius 3 is 2.42 bits per heavy atom. The molecule has 1 aliphatic heterocycles. The number of rotatable bonds is 5. The van der Waals surface area contributed by atoms with Crippen LogP contribution in [0.4, 0.5) is 22.7 Å². The van der Waals surface area contributed by atoms with Crippen LogP contribution in [0.15, 0.2) is 84.9 Å². The minimum absolute atomic E-state index is 0.0641. The molecule has 0 saturated heterocycles. The Balaban J connectivity index is 1.45. The van der Waals surface area contributed by atoms with E-state index >= 15 is 0 Å². The first-order chi connectivity index (χ1) is 17.4. The van der Waals surface area contributed by atoms with E-state index in [1.54, 1.807) is 42.5 Å². The van der Waals surface area contributed by atoms with Crippen molar-refractivity contribution in [3.05, 3.63) is 90.5 Å². The topological polar surface area (TPSA) is 87.7 Å². The third kappa shape index (κ3) is 4.51. The Morgan fingerprint density at radius 2 is 1.64 bits per heavy atom. The van der Waals surface area contributed by atoms with Gasteiger partial charge in [0, 0.05) is 16.8 Å². The lowest BCUT2D eigenvalue weighted by Gasteiger charge is -2.23. The summed E-state index contributed by atoms with van der Waals surface area (Å²) < 4.78 is 5.76. The molecule has 7 heteroatoms. The van der Waals surface area contributed by atoms with Crippen molar-refractivity contribution in [2.75, 3.05) is 15.5 Å². The summed E-state index contributed by atoms with van der Waals surface area (Å²) in [5, 5.41) is 7.61. The summed E-state index contributed by atoms with van der Waals surface area (Å²) in [7, 11) is 0. The fourth-order valence-electron chi connectivity index (χ4n) is 4.30. The van der Waals surface area contributed by atoms with Crippen LogP contribution in [0.1, 0.15) is 30.6 Å². The minimum atomic E-state index is -0.355. The molecule has 180 valence electrons. The SMILES string of the molecule is CC(C)Oc1ccccc1C(=O)Nc1ccc(N2C(=O)CC(=O)Nc3c2ccc2ccccc32)cc1. The number of nitrogens with zero attached hydrogens (tertiary/aromatic N) is 1. The molecule has 4 aromatic carbocycles. The number of amides is 3. The molecular formula is C29H25N3O4. The van der Waals surface area contributed by atoms with Crippen LogP contribution in [0, 0.1) is 0 Å². The minimum Gasteiger partial charge on any atom is -0.490 e. The van der Waals surface area contributed by atoms with E-state index < -0.39 is 0 Å². The van der Waals surface area contributed by atoms with E-state index in [0.29, 0.717) is 34.1 Å². The van der Waals surface area contributed by atoms with E-state index in [0.717, 1.165) is 10.8 Å². The van der Waals surface area contributed by atoms with Crippen LogP contribution < -0.4 is 20.3 Å². The maximum Gasteiger partial charge on any atom is 0.259 e. The van der Waals surface area contributed by atoms with Crippen LogP contribution in [-0.4, -0.2) is 23.8 Å². The Morgan fingerprint density at radius 1 is 0.917 bits per heavy atom. The van der Waals surface area contributed by atoms with Crippen molar-refractivity contribution in [3.63, 3.8) is 0 Å². The molecular weight excluding hydrogens is 454 g/mol. The standard InChI is InChI=1S/C29H25N3O4/c1-18(2)36-25-10-6-5-9-23(25)29(35)30-20-12-14-21(15-13-20)32-24-16-11-19-7-3-4-8-22(19)28(24)31-26(33)17-27(32)34/h3-16,18H,17H2,1-2H3,(H,30,35)(H,31,33). The van der Waals surface area contributed by atoms with Crippen molar-refractivity contribution in [1.29, 1.82) is 0 Å². The second-order valence-corrected chi connectivity index (χ2v) is 8.80. The summed E-state index contributed by atoms with van der Waals surface area (Å²) in [6.07, 6.45) is -0.334. The van der Waals surface area contributed by atoms with Crippen LogP contribution in [0.5, 0.6) is 5.75 Å². The molecule has 3 amide bonds. The van der Waals surface area contributed by atoms with Crippen LogP contribution in [0.25, 0.3) is 10.8 Å². The van der Waals surface area contributed by atoms with Gasteiger partial charge in [-0.3, -0.25) is 19.3 Å². The molecule has 1 heterocycles. The fraction of sp³-hybridized carbons (Fsp3) is 0.138. The highest BCUT2D eigenvalue weighted by molar-refractivity contribution is 6.21. The Labute approximate surface area is 208 Å². The van der Waals surface area contributed by atoms with Gasteiger partial charge < -0.3 is 15.4 Å². The van der Waals surface area contributed by atoms with Gasteiger partial charge in [-0.1, -0.05) is 42.5 Å². The van der Waals surface area contributed by atoms with E-state index in [1.165, 1.54) is 4.90 Å². The molecule has 2 N–H and O–H groups in total. The smallest absolute Gasteiger partial charge is 0.259 e. The van der Waals surface area contributed by atoms with E-state index in [2.05, 4.69) is 10.6 Å². The summed E-state index contributed by atoms with van der Waals surface area (Å²) in [5.74, 6) is -0.474. The lowest BCUT2D eigenvalue weighted by molar-refractivity contribution is -0.124. The number of anilines is 4. The molecule has 0 fully saturated rings. The second-order valence-electron chi connectivity index (χ2n) is 8.80. The molecule has 0 atom stereocenters. The number of para-hydroxylation sites is 1. The van der Waals surface area contributed by atoms with E-state index in [-0.39, 0.29) is 30.2 Å². The van der Waals surface area contributed by atoms with Crippen LogP contribution in [0.3, 0.4) is 0 Å². The van der Waals surface area contributed by atoms with Gasteiger partial charge in [-0.15, -0.1) is 0 Å². The number of ether oxygens (including phenoxy) is 1. The normalized spacial score (nSPS) is 13.2. The molecule has 0 radical (unpaired) electrons. The van der Waals surface area contributed by atoms with Crippen LogP contribution in [0.2, 0.25) is 0 Å². The number of carbonyl (C=O) groups is 3. The molecule has 36 heavy (non-hydrogen) atoms. The molecule has 1 aliphatic rings. The molecule has 0 spiro atoms. The van der Waals surface area contributed by atoms with Crippen molar-refractivity contribution < 1.29 is 19.1 Å². The summed E-state index contributed by atoms with van der Waals surface area (Å²) in [4.78, 5) is 40.0. The fourth-order valence-corrected chi connectivity index (χ4v) is 4.30. The molecule has 4 aromatic rings. The first-order valence-corrected chi connectivity index (χ1v) is 11.7. The molecule has 0 aromatic heterocycles. The Hall–Kier alpha value is -4.65. The Bertz CT molecular complexity index is 1480. The zero-order valence-electron chi connectivity index (χ0n) is 19.9. The monoisotopic (exact) mass is 479 g/mol. The number of nitrogens with one attached hydrogen (secondary N) is 2. The maximum absolute atomic E-state index is 13.1. The highest BCUT2D eigenvalue weighted by Gasteiger charge is 2.28. The van der Waals surface area contributed by atoms with Crippen molar-refractivity contribution >= 4 is 51.2 Å². The highest BCUT2D eigenvalue weighted by Crippen LogP contribution is 2.40. The van der Waals surface area contributed by atoms with E-state index in [9.17, 15) is 14.4 Å². The average Bonchev–Trinajstić information content (AvgIpc) is 2.99. The van der Waals surface area contributed by atoms with Gasteiger partial charge in [-0.25, -0.2) is 0 Å². The lowest BCUT2D eigenvalue weighted by atomic mass is 10.1. The van der Waals surface area contributed by atoms with Gasteiger partial charge in [0.15, 0.2) is 0 Å². The van der Waals surface area contributed by atoms with Crippen LogP contribution in [-0.2, 0) is 9.59 Å². The van der Waals surface area contributed by atoms with Crippen molar-refractivity contribution in [1.82, 2.24) is 0 Å². The molecule has 0 aliphatic carbocycles. The number of hydrogen-bond donors (Lipinski definition) is 2. The zero-order valence-corrected chi connectivity index (χ0v) is 19.9. The number of benzene rings is 4. The third-order valence-electron chi connectivity index (χ3n) is 5.85. The molecule has 0 saturated carbocycles. The largest absolute Gasteiger partial charge is 0.490 e. The summed E-state index contributed by atoms with van der Waals surface area (Å²) in [6.45, 7) is 3.81. The van der Waals surface area contributed by atoms with E-state index in [4.69, 9.17) is 4.74 Å². The quantitative estimate of drug-likeness (QED) is 0.350. The van der Waals surface area contributed by atoms with Crippen molar-refractivity contribution in [2.45, 2.75) is 26.4 Å². The maximum atomic E-state index is 13.1. The van der Waals surface area contributed by atoms with Gasteiger partial charge in [-0.05, 0) is 61.7 Å².